The van der Waals surface area contributed by atoms with Crippen molar-refractivity contribution in [1.82, 2.24) is 19.9 Å². The van der Waals surface area contributed by atoms with E-state index in [1.807, 2.05) is 37.7 Å². The van der Waals surface area contributed by atoms with Crippen molar-refractivity contribution in [3.8, 4) is 22.4 Å². The highest BCUT2D eigenvalue weighted by molar-refractivity contribution is 5.86. The summed E-state index contributed by atoms with van der Waals surface area (Å²) in [5, 5.41) is 4.71. The number of aromatic nitrogens is 4. The van der Waals surface area contributed by atoms with Crippen LogP contribution in [0.3, 0.4) is 0 Å². The van der Waals surface area contributed by atoms with Crippen molar-refractivity contribution in [2.24, 2.45) is 0 Å². The number of furan rings is 1. The minimum atomic E-state index is 0.0380. The van der Waals surface area contributed by atoms with Crippen LogP contribution in [0.15, 0.2) is 71.6 Å². The van der Waals surface area contributed by atoms with Gasteiger partial charge in [0.25, 0.3) is 0 Å². The summed E-state index contributed by atoms with van der Waals surface area (Å²) in [4.78, 5) is 20.7. The van der Waals surface area contributed by atoms with E-state index in [1.54, 1.807) is 0 Å². The summed E-state index contributed by atoms with van der Waals surface area (Å²) in [6.45, 7) is 12.2. The topological polar surface area (TPSA) is 80.0 Å². The van der Waals surface area contributed by atoms with Crippen LogP contribution in [-0.4, -0.2) is 33.0 Å². The molecule has 3 aromatic heterocycles. The molecule has 1 atom stereocenters. The molecule has 0 amide bonds. The van der Waals surface area contributed by atoms with Crippen molar-refractivity contribution < 1.29 is 4.42 Å². The van der Waals surface area contributed by atoms with E-state index in [0.717, 1.165) is 76.0 Å². The van der Waals surface area contributed by atoms with E-state index in [9.17, 15) is 0 Å². The highest BCUT2D eigenvalue weighted by atomic mass is 16.3. The Bertz CT molecular complexity index is 1540. The molecule has 0 fully saturated rings. The van der Waals surface area contributed by atoms with Crippen molar-refractivity contribution in [3.05, 3.63) is 84.1 Å². The summed E-state index contributed by atoms with van der Waals surface area (Å²) < 4.78 is 5.69. The maximum Gasteiger partial charge on any atom is 0.225 e. The quantitative estimate of drug-likeness (QED) is 0.226. The summed E-state index contributed by atoms with van der Waals surface area (Å²) >= 11 is 0. The Hall–Kier alpha value is -4.26. The second kappa shape index (κ2) is 11.0. The Morgan fingerprint density at radius 3 is 2.42 bits per heavy atom. The van der Waals surface area contributed by atoms with Crippen LogP contribution in [0.1, 0.15) is 50.7 Å². The van der Waals surface area contributed by atoms with Gasteiger partial charge in [0.05, 0.1) is 12.0 Å². The van der Waals surface area contributed by atoms with Crippen LogP contribution in [0, 0.1) is 6.92 Å². The van der Waals surface area contributed by atoms with Gasteiger partial charge in [-0.25, -0.2) is 19.9 Å². The first-order valence-corrected chi connectivity index (χ1v) is 13.3. The first-order chi connectivity index (χ1) is 18.5. The molecule has 0 bridgehead atoms. The standard InChI is InChI=1S/C31H34N6O/c1-6-22-19-38-29-13-12-25(15-27(22)29)28-16-30(36-21(5)35-28)34-20(4)23-10-9-11-24(14-23)26-17-32-31(33-18-26)37(7-2)8-3/h9-20H,6-8H2,1-5H3,(H,34,35,36)/t20-/m0/s1. The number of fused-ring (bicyclic) bond motifs is 1. The number of anilines is 2. The molecule has 0 radical (unpaired) electrons. The molecule has 0 spiro atoms. The smallest absolute Gasteiger partial charge is 0.225 e. The van der Waals surface area contributed by atoms with Crippen LogP contribution in [-0.2, 0) is 6.42 Å². The molecule has 0 unspecified atom stereocenters. The van der Waals surface area contributed by atoms with Crippen molar-refractivity contribution in [2.45, 2.75) is 47.1 Å². The second-order valence-electron chi connectivity index (χ2n) is 9.45. The van der Waals surface area contributed by atoms with Gasteiger partial charge in [-0.05, 0) is 75.1 Å². The maximum absolute atomic E-state index is 5.69. The fourth-order valence-corrected chi connectivity index (χ4v) is 4.74. The van der Waals surface area contributed by atoms with Gasteiger partial charge in [-0.3, -0.25) is 0 Å². The van der Waals surface area contributed by atoms with Crippen LogP contribution in [0.2, 0.25) is 0 Å². The van der Waals surface area contributed by atoms with Gasteiger partial charge in [0.1, 0.15) is 17.2 Å². The number of nitrogens with one attached hydrogen (secondary N) is 1. The average molecular weight is 507 g/mol. The minimum absolute atomic E-state index is 0.0380. The number of rotatable bonds is 9. The predicted molar refractivity (Wildman–Crippen MR) is 154 cm³/mol. The third-order valence-electron chi connectivity index (χ3n) is 6.94. The monoisotopic (exact) mass is 506 g/mol. The predicted octanol–water partition coefficient (Wildman–Crippen LogP) is 7.24. The Balaban J connectivity index is 1.37. The lowest BCUT2D eigenvalue weighted by molar-refractivity contribution is 0.611. The molecule has 0 saturated carbocycles. The molecule has 7 nitrogen and oxygen atoms in total. The first-order valence-electron chi connectivity index (χ1n) is 13.3. The van der Waals surface area contributed by atoms with Crippen molar-refractivity contribution >= 4 is 22.7 Å². The Kier molecular flexibility index (Phi) is 7.36. The zero-order valence-electron chi connectivity index (χ0n) is 22.7. The molecule has 2 aromatic carbocycles. The van der Waals surface area contributed by atoms with Crippen LogP contribution >= 0.6 is 0 Å². The minimum Gasteiger partial charge on any atom is -0.464 e. The SMILES string of the molecule is CCc1coc2ccc(-c3cc(N[C@@H](C)c4cccc(-c5cnc(N(CC)CC)nc5)c4)nc(C)n3)cc12. The van der Waals surface area contributed by atoms with Gasteiger partial charge in [0, 0.05) is 54.1 Å². The third-order valence-corrected chi connectivity index (χ3v) is 6.94. The largest absolute Gasteiger partial charge is 0.464 e. The summed E-state index contributed by atoms with van der Waals surface area (Å²) in [5.41, 5.74) is 7.27. The molecule has 0 aliphatic heterocycles. The summed E-state index contributed by atoms with van der Waals surface area (Å²) in [6.07, 6.45) is 6.57. The molecule has 194 valence electrons. The van der Waals surface area contributed by atoms with Gasteiger partial charge in [0.2, 0.25) is 5.95 Å². The molecule has 0 aliphatic rings. The summed E-state index contributed by atoms with van der Waals surface area (Å²) in [5.74, 6) is 2.28. The fraction of sp³-hybridized carbons (Fsp3) is 0.290. The van der Waals surface area contributed by atoms with Gasteiger partial charge >= 0.3 is 0 Å². The maximum atomic E-state index is 5.69. The van der Waals surface area contributed by atoms with Crippen molar-refractivity contribution in [3.63, 3.8) is 0 Å². The third kappa shape index (κ3) is 5.23. The fourth-order valence-electron chi connectivity index (χ4n) is 4.74. The van der Waals surface area contributed by atoms with Crippen molar-refractivity contribution in [2.75, 3.05) is 23.3 Å². The van der Waals surface area contributed by atoms with Crippen LogP contribution in [0.25, 0.3) is 33.4 Å². The zero-order valence-corrected chi connectivity index (χ0v) is 22.7. The highest BCUT2D eigenvalue weighted by Gasteiger charge is 2.13. The van der Waals surface area contributed by atoms with E-state index < -0.39 is 0 Å². The Morgan fingerprint density at radius 1 is 0.895 bits per heavy atom. The molecule has 5 rings (SSSR count). The number of hydrogen-bond acceptors (Lipinski definition) is 7. The van der Waals surface area contributed by atoms with E-state index in [0.29, 0.717) is 0 Å². The lowest BCUT2D eigenvalue weighted by Crippen LogP contribution is -2.23. The molecule has 3 heterocycles. The van der Waals surface area contributed by atoms with Gasteiger partial charge in [-0.1, -0.05) is 25.1 Å². The second-order valence-corrected chi connectivity index (χ2v) is 9.45. The lowest BCUT2D eigenvalue weighted by atomic mass is 10.0. The van der Waals surface area contributed by atoms with E-state index in [4.69, 9.17) is 9.40 Å². The summed E-state index contributed by atoms with van der Waals surface area (Å²) in [7, 11) is 0. The van der Waals surface area contributed by atoms with Gasteiger partial charge in [0.15, 0.2) is 0 Å². The van der Waals surface area contributed by atoms with Gasteiger partial charge < -0.3 is 14.6 Å². The molecule has 1 N–H and O–H groups in total. The summed E-state index contributed by atoms with van der Waals surface area (Å²) in [6, 6.07) is 16.7. The number of nitrogens with zero attached hydrogens (tertiary/aromatic N) is 5. The number of benzene rings is 2. The zero-order chi connectivity index (χ0) is 26.6. The van der Waals surface area contributed by atoms with E-state index in [-0.39, 0.29) is 6.04 Å². The van der Waals surface area contributed by atoms with E-state index >= 15 is 0 Å². The molecule has 0 saturated heterocycles. The Labute approximate surface area is 224 Å². The molecule has 7 heteroatoms. The van der Waals surface area contributed by atoms with Gasteiger partial charge in [-0.2, -0.15) is 0 Å². The van der Waals surface area contributed by atoms with Crippen LogP contribution in [0.4, 0.5) is 11.8 Å². The highest BCUT2D eigenvalue weighted by Crippen LogP contribution is 2.30. The molecular weight excluding hydrogens is 472 g/mol. The number of aryl methyl sites for hydroxylation is 2. The molecular formula is C31H34N6O. The molecule has 38 heavy (non-hydrogen) atoms. The Morgan fingerprint density at radius 2 is 1.68 bits per heavy atom. The number of hydrogen-bond donors (Lipinski definition) is 1. The van der Waals surface area contributed by atoms with Gasteiger partial charge in [-0.15, -0.1) is 0 Å². The normalized spacial score (nSPS) is 12.0. The van der Waals surface area contributed by atoms with E-state index in [1.165, 1.54) is 5.56 Å². The molecule has 0 aliphatic carbocycles. The average Bonchev–Trinajstić information content (AvgIpc) is 3.36. The molecule has 5 aromatic rings. The van der Waals surface area contributed by atoms with Crippen LogP contribution < -0.4 is 10.2 Å². The lowest BCUT2D eigenvalue weighted by Gasteiger charge is -2.19. The van der Waals surface area contributed by atoms with E-state index in [2.05, 4.69) is 89.3 Å². The van der Waals surface area contributed by atoms with Crippen molar-refractivity contribution in [1.29, 1.82) is 0 Å². The first kappa shape index (κ1) is 25.4. The van der Waals surface area contributed by atoms with Crippen LogP contribution in [0.5, 0.6) is 0 Å².